The van der Waals surface area contributed by atoms with Crippen LogP contribution in [-0.2, 0) is 16.6 Å². The van der Waals surface area contributed by atoms with E-state index in [0.717, 1.165) is 16.4 Å². The third-order valence-electron chi connectivity index (χ3n) is 4.27. The molecule has 0 fully saturated rings. The molecule has 29 heavy (non-hydrogen) atoms. The third kappa shape index (κ3) is 4.65. The number of sulfonamides is 1. The van der Waals surface area contributed by atoms with E-state index >= 15 is 0 Å². The zero-order chi connectivity index (χ0) is 21.0. The van der Waals surface area contributed by atoms with Gasteiger partial charge in [-0.15, -0.1) is 0 Å². The van der Waals surface area contributed by atoms with Gasteiger partial charge in [0.25, 0.3) is 10.0 Å². The van der Waals surface area contributed by atoms with E-state index in [1.807, 2.05) is 0 Å². The summed E-state index contributed by atoms with van der Waals surface area (Å²) in [4.78, 5) is -0.0807. The molecule has 8 heteroatoms. The van der Waals surface area contributed by atoms with Gasteiger partial charge in [-0.05, 0) is 42.0 Å². The summed E-state index contributed by atoms with van der Waals surface area (Å²) in [6.07, 6.45) is 0. The molecule has 3 aromatic carbocycles. The summed E-state index contributed by atoms with van der Waals surface area (Å²) >= 11 is 0. The minimum Gasteiger partial charge on any atom is -0.497 e. The van der Waals surface area contributed by atoms with Crippen molar-refractivity contribution < 1.29 is 26.7 Å². The number of halogens is 2. The van der Waals surface area contributed by atoms with Crippen LogP contribution in [0, 0.1) is 11.6 Å². The Kier molecular flexibility index (Phi) is 6.03. The van der Waals surface area contributed by atoms with Crippen LogP contribution in [0.4, 0.5) is 14.5 Å². The van der Waals surface area contributed by atoms with E-state index < -0.39 is 21.7 Å². The van der Waals surface area contributed by atoms with Gasteiger partial charge >= 0.3 is 0 Å². The first-order valence-electron chi connectivity index (χ1n) is 8.59. The highest BCUT2D eigenvalue weighted by molar-refractivity contribution is 7.92. The molecule has 0 aliphatic heterocycles. The van der Waals surface area contributed by atoms with Crippen molar-refractivity contribution >= 4 is 15.7 Å². The van der Waals surface area contributed by atoms with E-state index in [1.165, 1.54) is 50.6 Å². The molecular weight excluding hydrogens is 400 g/mol. The molecule has 5 nitrogen and oxygen atoms in total. The summed E-state index contributed by atoms with van der Waals surface area (Å²) < 4.78 is 64.9. The van der Waals surface area contributed by atoms with Crippen LogP contribution in [0.15, 0.2) is 71.6 Å². The Labute approximate surface area is 168 Å². The van der Waals surface area contributed by atoms with Gasteiger partial charge in [0, 0.05) is 18.2 Å². The van der Waals surface area contributed by atoms with Gasteiger partial charge in [-0.3, -0.25) is 4.31 Å². The maximum atomic E-state index is 13.4. The van der Waals surface area contributed by atoms with Crippen LogP contribution in [0.2, 0.25) is 0 Å². The van der Waals surface area contributed by atoms with Crippen LogP contribution in [0.25, 0.3) is 0 Å². The first-order valence-corrected chi connectivity index (χ1v) is 10.0. The van der Waals surface area contributed by atoms with Gasteiger partial charge in [0.1, 0.15) is 23.1 Å². The molecule has 0 unspecified atom stereocenters. The smallest absolute Gasteiger partial charge is 0.264 e. The first-order chi connectivity index (χ1) is 13.8. The molecule has 0 N–H and O–H groups in total. The Bertz CT molecular complexity index is 1060. The van der Waals surface area contributed by atoms with Crippen molar-refractivity contribution in [3.63, 3.8) is 0 Å². The van der Waals surface area contributed by atoms with Crippen molar-refractivity contribution in [3.05, 3.63) is 83.9 Å². The number of anilines is 1. The van der Waals surface area contributed by atoms with Crippen molar-refractivity contribution in [2.75, 3.05) is 18.5 Å². The van der Waals surface area contributed by atoms with E-state index in [9.17, 15) is 17.2 Å². The van der Waals surface area contributed by atoms with Gasteiger partial charge in [-0.2, -0.15) is 0 Å². The zero-order valence-electron chi connectivity index (χ0n) is 15.8. The van der Waals surface area contributed by atoms with Gasteiger partial charge in [0.15, 0.2) is 0 Å². The Balaban J connectivity index is 2.13. The Morgan fingerprint density at radius 3 is 1.76 bits per heavy atom. The molecule has 0 saturated heterocycles. The molecule has 0 bridgehead atoms. The molecule has 0 amide bonds. The fourth-order valence-corrected chi connectivity index (χ4v) is 4.18. The predicted octanol–water partition coefficient (Wildman–Crippen LogP) is 4.38. The van der Waals surface area contributed by atoms with Crippen LogP contribution in [-0.4, -0.2) is 22.6 Å². The minimum absolute atomic E-state index is 0.0731. The highest BCUT2D eigenvalue weighted by Gasteiger charge is 2.26. The van der Waals surface area contributed by atoms with E-state index in [1.54, 1.807) is 18.2 Å². The van der Waals surface area contributed by atoms with Crippen molar-refractivity contribution in [1.29, 1.82) is 0 Å². The average molecular weight is 419 g/mol. The zero-order valence-corrected chi connectivity index (χ0v) is 16.6. The molecule has 3 rings (SSSR count). The molecule has 0 atom stereocenters. The number of hydrogen-bond acceptors (Lipinski definition) is 4. The fraction of sp³-hybridized carbons (Fsp3) is 0.143. The number of rotatable bonds is 7. The van der Waals surface area contributed by atoms with Crippen LogP contribution in [0.5, 0.6) is 11.5 Å². The number of ether oxygens (including phenoxy) is 2. The molecular formula is C21H19F2NO4S. The molecule has 0 aliphatic rings. The molecule has 0 aromatic heterocycles. The summed E-state index contributed by atoms with van der Waals surface area (Å²) in [6.45, 7) is -0.0731. The second-order valence-corrected chi connectivity index (χ2v) is 8.03. The Morgan fingerprint density at radius 2 is 1.28 bits per heavy atom. The summed E-state index contributed by atoms with van der Waals surface area (Å²) in [6, 6.07) is 14.8. The van der Waals surface area contributed by atoms with Gasteiger partial charge in [-0.25, -0.2) is 17.2 Å². The molecule has 0 spiro atoms. The number of benzene rings is 3. The summed E-state index contributed by atoms with van der Waals surface area (Å²) in [7, 11) is -1.16. The standard InChI is InChI=1S/C21H19F2NO4S/c1-27-19-11-18(12-20(13-19)28-2)24(14-15-3-5-16(22)6-4-15)29(25,26)21-9-7-17(23)8-10-21/h3-13H,14H2,1-2H3. The lowest BCUT2D eigenvalue weighted by molar-refractivity contribution is 0.394. The van der Waals surface area contributed by atoms with Crippen LogP contribution in [0.1, 0.15) is 5.56 Å². The van der Waals surface area contributed by atoms with Gasteiger partial charge in [0.05, 0.1) is 31.3 Å². The van der Waals surface area contributed by atoms with E-state index in [-0.39, 0.29) is 17.1 Å². The molecule has 3 aromatic rings. The summed E-state index contributed by atoms with van der Waals surface area (Å²) in [5.41, 5.74) is 0.855. The molecule has 0 saturated carbocycles. The largest absolute Gasteiger partial charge is 0.497 e. The lowest BCUT2D eigenvalue weighted by atomic mass is 10.2. The molecule has 0 radical (unpaired) electrons. The summed E-state index contributed by atoms with van der Waals surface area (Å²) in [5, 5.41) is 0. The van der Waals surface area contributed by atoms with Crippen molar-refractivity contribution in [1.82, 2.24) is 0 Å². The second kappa shape index (κ2) is 8.48. The monoisotopic (exact) mass is 419 g/mol. The van der Waals surface area contributed by atoms with Gasteiger partial charge in [-0.1, -0.05) is 12.1 Å². The molecule has 152 valence electrons. The van der Waals surface area contributed by atoms with Crippen LogP contribution >= 0.6 is 0 Å². The maximum Gasteiger partial charge on any atom is 0.264 e. The quantitative estimate of drug-likeness (QED) is 0.570. The highest BCUT2D eigenvalue weighted by atomic mass is 32.2. The fourth-order valence-electron chi connectivity index (χ4n) is 2.74. The molecule has 0 heterocycles. The summed E-state index contributed by atoms with van der Waals surface area (Å²) in [5.74, 6) is -0.169. The maximum absolute atomic E-state index is 13.4. The normalized spacial score (nSPS) is 11.2. The number of hydrogen-bond donors (Lipinski definition) is 0. The second-order valence-electron chi connectivity index (χ2n) is 6.16. The van der Waals surface area contributed by atoms with Gasteiger partial charge in [0.2, 0.25) is 0 Å². The van der Waals surface area contributed by atoms with Gasteiger partial charge < -0.3 is 9.47 Å². The molecule has 0 aliphatic carbocycles. The number of nitrogens with zero attached hydrogens (tertiary/aromatic N) is 1. The highest BCUT2D eigenvalue weighted by Crippen LogP contribution is 2.33. The Morgan fingerprint density at radius 1 is 0.793 bits per heavy atom. The predicted molar refractivity (Wildman–Crippen MR) is 106 cm³/mol. The van der Waals surface area contributed by atoms with Crippen LogP contribution in [0.3, 0.4) is 0 Å². The van der Waals surface area contributed by atoms with Crippen molar-refractivity contribution in [2.45, 2.75) is 11.4 Å². The minimum atomic E-state index is -4.07. The van der Waals surface area contributed by atoms with E-state index in [2.05, 4.69) is 0 Å². The van der Waals surface area contributed by atoms with Crippen LogP contribution < -0.4 is 13.8 Å². The van der Waals surface area contributed by atoms with Crippen molar-refractivity contribution in [2.24, 2.45) is 0 Å². The topological polar surface area (TPSA) is 55.8 Å². The number of methoxy groups -OCH3 is 2. The van der Waals surface area contributed by atoms with E-state index in [0.29, 0.717) is 17.1 Å². The van der Waals surface area contributed by atoms with Crippen molar-refractivity contribution in [3.8, 4) is 11.5 Å². The van der Waals surface area contributed by atoms with E-state index in [4.69, 9.17) is 9.47 Å². The SMILES string of the molecule is COc1cc(OC)cc(N(Cc2ccc(F)cc2)S(=O)(=O)c2ccc(F)cc2)c1. The lowest BCUT2D eigenvalue weighted by Gasteiger charge is -2.25. The first kappa shape index (κ1) is 20.6. The third-order valence-corrected chi connectivity index (χ3v) is 6.05. The average Bonchev–Trinajstić information content (AvgIpc) is 2.73. The lowest BCUT2D eigenvalue weighted by Crippen LogP contribution is -2.30. The Hall–Kier alpha value is -3.13.